The first kappa shape index (κ1) is 25.3. The van der Waals surface area contributed by atoms with Crippen molar-refractivity contribution in [3.05, 3.63) is 132 Å². The fraction of sp³-hybridized carbons (Fsp3) is 0.176. The smallest absolute Gasteiger partial charge is 0.0198 e. The first-order chi connectivity index (χ1) is 17.8. The number of benzene rings is 3. The van der Waals surface area contributed by atoms with E-state index >= 15 is 0 Å². The van der Waals surface area contributed by atoms with E-state index in [1.165, 1.54) is 41.5 Å². The Morgan fingerprint density at radius 2 is 1.54 bits per heavy atom. The maximum atomic E-state index is 4.71. The molecule has 0 aliphatic heterocycles. The second-order valence-electron chi connectivity index (χ2n) is 9.71. The zero-order valence-corrected chi connectivity index (χ0v) is 23.2. The standard InChI is InChI=1S/C22H18N.C12H10N.Ir/c1-2-4-15(5-3-1)16-6-8-17(9-7-16)22-13-20-18-10-11-19(12-18)21(20)14-23-22;1-10-6-5-9-13-12(10)11-7-3-2-4-8-11;/h1-8,13-14,18-19H,10-12H2;2-7,9H,1H3;/q2*-1;. The molecule has 5 aromatic rings. The van der Waals surface area contributed by atoms with Crippen LogP contribution < -0.4 is 0 Å². The molecule has 2 heterocycles. The zero-order chi connectivity index (χ0) is 24.3. The topological polar surface area (TPSA) is 25.8 Å². The van der Waals surface area contributed by atoms with Gasteiger partial charge in [-0.15, -0.1) is 65.7 Å². The largest absolute Gasteiger partial charge is 0.304 e. The van der Waals surface area contributed by atoms with Crippen molar-refractivity contribution in [2.24, 2.45) is 0 Å². The van der Waals surface area contributed by atoms with Gasteiger partial charge in [-0.1, -0.05) is 59.2 Å². The van der Waals surface area contributed by atoms with E-state index in [4.69, 9.17) is 4.98 Å². The van der Waals surface area contributed by atoms with Crippen molar-refractivity contribution in [3.8, 4) is 33.6 Å². The van der Waals surface area contributed by atoms with Gasteiger partial charge in [0.15, 0.2) is 0 Å². The zero-order valence-electron chi connectivity index (χ0n) is 20.8. The third kappa shape index (κ3) is 5.34. The Morgan fingerprint density at radius 3 is 2.27 bits per heavy atom. The maximum absolute atomic E-state index is 4.71. The second kappa shape index (κ2) is 11.3. The van der Waals surface area contributed by atoms with Crippen LogP contribution in [0.3, 0.4) is 0 Å². The molecule has 2 unspecified atom stereocenters. The minimum atomic E-state index is 0. The molecule has 7 rings (SSSR count). The number of aryl methyl sites for hydroxylation is 1. The van der Waals surface area contributed by atoms with E-state index in [2.05, 4.69) is 84.8 Å². The third-order valence-electron chi connectivity index (χ3n) is 7.45. The van der Waals surface area contributed by atoms with Gasteiger partial charge in [0.1, 0.15) is 0 Å². The van der Waals surface area contributed by atoms with Crippen molar-refractivity contribution in [2.45, 2.75) is 38.0 Å². The van der Waals surface area contributed by atoms with E-state index in [-0.39, 0.29) is 20.1 Å². The average Bonchev–Trinajstić information content (AvgIpc) is 3.58. The summed E-state index contributed by atoms with van der Waals surface area (Å²) in [7, 11) is 0. The molecule has 0 spiro atoms. The molecule has 2 aliphatic carbocycles. The van der Waals surface area contributed by atoms with Crippen molar-refractivity contribution in [1.82, 2.24) is 9.97 Å². The molecule has 3 aromatic carbocycles. The Bertz CT molecular complexity index is 1460. The van der Waals surface area contributed by atoms with Crippen molar-refractivity contribution in [1.29, 1.82) is 0 Å². The Morgan fingerprint density at radius 1 is 0.730 bits per heavy atom. The normalized spacial score (nSPS) is 16.8. The van der Waals surface area contributed by atoms with E-state index in [0.29, 0.717) is 0 Å². The van der Waals surface area contributed by atoms with Crippen LogP contribution in [0.25, 0.3) is 33.6 Å². The number of aromatic nitrogens is 2. The number of hydrogen-bond acceptors (Lipinski definition) is 2. The summed E-state index contributed by atoms with van der Waals surface area (Å²) < 4.78 is 0. The van der Waals surface area contributed by atoms with Gasteiger partial charge in [0.2, 0.25) is 0 Å². The predicted octanol–water partition coefficient (Wildman–Crippen LogP) is 8.44. The number of rotatable bonds is 3. The van der Waals surface area contributed by atoms with Crippen molar-refractivity contribution in [2.75, 3.05) is 0 Å². The van der Waals surface area contributed by atoms with Crippen LogP contribution in [-0.4, -0.2) is 9.97 Å². The molecule has 1 saturated carbocycles. The monoisotopic (exact) mass is 657 g/mol. The van der Waals surface area contributed by atoms with Crippen molar-refractivity contribution >= 4 is 0 Å². The van der Waals surface area contributed by atoms with Gasteiger partial charge in [-0.05, 0) is 66.6 Å². The van der Waals surface area contributed by atoms with Crippen molar-refractivity contribution in [3.63, 3.8) is 0 Å². The van der Waals surface area contributed by atoms with Gasteiger partial charge in [-0.3, -0.25) is 0 Å². The number of pyridine rings is 2. The van der Waals surface area contributed by atoms with E-state index in [0.717, 1.165) is 34.4 Å². The van der Waals surface area contributed by atoms with Gasteiger partial charge in [0, 0.05) is 32.5 Å². The Balaban J connectivity index is 0.000000172. The van der Waals surface area contributed by atoms with Crippen LogP contribution >= 0.6 is 0 Å². The molecule has 2 atom stereocenters. The number of fused-ring (bicyclic) bond motifs is 5. The van der Waals surface area contributed by atoms with Gasteiger partial charge in [-0.25, -0.2) is 0 Å². The van der Waals surface area contributed by atoms with Gasteiger partial charge in [-0.2, -0.15) is 0 Å². The number of nitrogens with zero attached hydrogens (tertiary/aromatic N) is 2. The van der Waals surface area contributed by atoms with Crippen LogP contribution in [0, 0.1) is 19.1 Å². The van der Waals surface area contributed by atoms with Crippen LogP contribution in [0.15, 0.2) is 103 Å². The third-order valence-corrected chi connectivity index (χ3v) is 7.45. The summed E-state index contributed by atoms with van der Waals surface area (Å²) in [5.74, 6) is 1.56. The first-order valence-electron chi connectivity index (χ1n) is 12.7. The molecule has 2 bridgehead atoms. The number of hydrogen-bond donors (Lipinski definition) is 0. The Kier molecular flexibility index (Phi) is 7.74. The van der Waals surface area contributed by atoms with Crippen LogP contribution in [0.1, 0.15) is 47.8 Å². The fourth-order valence-electron chi connectivity index (χ4n) is 5.57. The molecular formula is C34H28IrN2-2. The molecule has 1 radical (unpaired) electrons. The molecule has 1 fully saturated rings. The quantitative estimate of drug-likeness (QED) is 0.182. The summed E-state index contributed by atoms with van der Waals surface area (Å²) >= 11 is 0. The Hall–Kier alpha value is -3.39. The fourth-order valence-corrected chi connectivity index (χ4v) is 5.57. The van der Waals surface area contributed by atoms with Crippen LogP contribution in [0.5, 0.6) is 0 Å². The van der Waals surface area contributed by atoms with E-state index < -0.39 is 0 Å². The van der Waals surface area contributed by atoms with Crippen LogP contribution in [0.4, 0.5) is 0 Å². The molecule has 2 nitrogen and oxygen atoms in total. The molecule has 185 valence electrons. The maximum Gasteiger partial charge on any atom is 0.0198 e. The summed E-state index contributed by atoms with van der Waals surface area (Å²) in [5, 5.41) is 0. The molecule has 0 saturated heterocycles. The van der Waals surface area contributed by atoms with Gasteiger partial charge >= 0.3 is 0 Å². The van der Waals surface area contributed by atoms with Gasteiger partial charge < -0.3 is 9.97 Å². The summed E-state index contributed by atoms with van der Waals surface area (Å²) in [6.45, 7) is 2.06. The summed E-state index contributed by atoms with van der Waals surface area (Å²) in [5.41, 5.74) is 10.9. The van der Waals surface area contributed by atoms with Crippen LogP contribution in [0.2, 0.25) is 0 Å². The minimum Gasteiger partial charge on any atom is -0.304 e. The average molecular weight is 657 g/mol. The summed E-state index contributed by atoms with van der Waals surface area (Å²) in [4.78, 5) is 9.03. The van der Waals surface area contributed by atoms with Crippen molar-refractivity contribution < 1.29 is 20.1 Å². The molecule has 2 aromatic heterocycles. The van der Waals surface area contributed by atoms with E-state index in [1.807, 2.05) is 42.6 Å². The Labute approximate surface area is 233 Å². The summed E-state index contributed by atoms with van der Waals surface area (Å²) in [6, 6.07) is 37.6. The minimum absolute atomic E-state index is 0. The summed E-state index contributed by atoms with van der Waals surface area (Å²) in [6.07, 6.45) is 7.99. The van der Waals surface area contributed by atoms with Crippen LogP contribution in [-0.2, 0) is 20.1 Å². The van der Waals surface area contributed by atoms with E-state index in [1.54, 1.807) is 5.56 Å². The molecule has 3 heteroatoms. The molecule has 37 heavy (non-hydrogen) atoms. The molecule has 2 aliphatic rings. The van der Waals surface area contributed by atoms with Gasteiger partial charge in [0.05, 0.1) is 0 Å². The van der Waals surface area contributed by atoms with E-state index in [9.17, 15) is 0 Å². The molecule has 0 N–H and O–H groups in total. The molecule has 0 amide bonds. The second-order valence-corrected chi connectivity index (χ2v) is 9.71. The van der Waals surface area contributed by atoms with Gasteiger partial charge in [0.25, 0.3) is 0 Å². The SMILES string of the molecule is Cc1cccnc1-c1[c-]cccc1.[Ir].[c-]1cc(-c2ccccc2)ccc1-c1cc2c(cn1)C1CCC2C1. The molecular weight excluding hydrogens is 629 g/mol. The first-order valence-corrected chi connectivity index (χ1v) is 12.7. The predicted molar refractivity (Wildman–Crippen MR) is 147 cm³/mol.